The first-order valence-corrected chi connectivity index (χ1v) is 10.5. The lowest BCUT2D eigenvalue weighted by molar-refractivity contribution is -0.127. The van der Waals surface area contributed by atoms with Crippen LogP contribution in [0.25, 0.3) is 0 Å². The number of ether oxygens (including phenoxy) is 1. The summed E-state index contributed by atoms with van der Waals surface area (Å²) in [6.07, 6.45) is 1.94. The van der Waals surface area contributed by atoms with Crippen molar-refractivity contribution < 1.29 is 14.3 Å². The van der Waals surface area contributed by atoms with E-state index < -0.39 is 6.04 Å². The molecule has 2 amide bonds. The average Bonchev–Trinajstić information content (AvgIpc) is 2.71. The van der Waals surface area contributed by atoms with Crippen LogP contribution in [0.2, 0.25) is 0 Å². The van der Waals surface area contributed by atoms with E-state index in [-0.39, 0.29) is 11.8 Å². The Kier molecular flexibility index (Phi) is 9.42. The van der Waals surface area contributed by atoms with Gasteiger partial charge in [-0.15, -0.1) is 11.8 Å². The van der Waals surface area contributed by atoms with Gasteiger partial charge in [0.05, 0.1) is 0 Å². The molecule has 2 aromatic rings. The number of rotatable bonds is 11. The van der Waals surface area contributed by atoms with Crippen molar-refractivity contribution in [1.29, 1.82) is 0 Å². The van der Waals surface area contributed by atoms with E-state index in [1.807, 2.05) is 54.6 Å². The largest absolute Gasteiger partial charge is 0.489 e. The van der Waals surface area contributed by atoms with E-state index >= 15 is 0 Å². The molecule has 0 aromatic heterocycles. The van der Waals surface area contributed by atoms with Crippen LogP contribution in [-0.2, 0) is 16.2 Å². The quantitative estimate of drug-likeness (QED) is 0.445. The van der Waals surface area contributed by atoms with Crippen molar-refractivity contribution in [1.82, 2.24) is 10.6 Å². The third-order valence-corrected chi connectivity index (χ3v) is 5.12. The summed E-state index contributed by atoms with van der Waals surface area (Å²) in [6.45, 7) is 4.65. The highest BCUT2D eigenvalue weighted by Crippen LogP contribution is 2.22. The van der Waals surface area contributed by atoms with Crippen LogP contribution in [0.4, 0.5) is 0 Å². The van der Waals surface area contributed by atoms with Crippen molar-refractivity contribution in [2.24, 2.45) is 0 Å². The molecule has 0 saturated carbocycles. The third-order valence-electron chi connectivity index (χ3n) is 4.01. The molecule has 0 radical (unpaired) electrons. The van der Waals surface area contributed by atoms with Crippen molar-refractivity contribution in [2.45, 2.75) is 44.2 Å². The minimum Gasteiger partial charge on any atom is -0.489 e. The molecule has 0 spiro atoms. The Labute approximate surface area is 171 Å². The molecule has 1 atom stereocenters. The maximum Gasteiger partial charge on any atom is 0.243 e. The first-order chi connectivity index (χ1) is 13.6. The lowest BCUT2D eigenvalue weighted by Crippen LogP contribution is -2.47. The van der Waals surface area contributed by atoms with E-state index in [4.69, 9.17) is 4.74 Å². The molecule has 6 heteroatoms. The molecular weight excluding hydrogens is 372 g/mol. The zero-order chi connectivity index (χ0) is 20.2. The minimum atomic E-state index is -0.548. The van der Waals surface area contributed by atoms with Gasteiger partial charge in [0.2, 0.25) is 11.8 Å². The molecule has 150 valence electrons. The Morgan fingerprint density at radius 2 is 1.79 bits per heavy atom. The second-order valence-corrected chi connectivity index (χ2v) is 7.55. The van der Waals surface area contributed by atoms with Crippen LogP contribution in [0, 0.1) is 0 Å². The van der Waals surface area contributed by atoms with Crippen LogP contribution < -0.4 is 15.4 Å². The van der Waals surface area contributed by atoms with E-state index in [0.717, 1.165) is 29.1 Å². The Hall–Kier alpha value is -2.47. The molecule has 0 aliphatic carbocycles. The molecule has 0 fully saturated rings. The van der Waals surface area contributed by atoms with Gasteiger partial charge in [0.25, 0.3) is 0 Å². The molecule has 28 heavy (non-hydrogen) atoms. The van der Waals surface area contributed by atoms with Gasteiger partial charge >= 0.3 is 0 Å². The van der Waals surface area contributed by atoms with Crippen molar-refractivity contribution in [3.8, 4) is 5.75 Å². The number of hydrogen-bond donors (Lipinski definition) is 2. The third kappa shape index (κ3) is 8.05. The molecule has 0 aliphatic heterocycles. The molecule has 5 nitrogen and oxygen atoms in total. The van der Waals surface area contributed by atoms with Gasteiger partial charge in [0.1, 0.15) is 18.4 Å². The summed E-state index contributed by atoms with van der Waals surface area (Å²) in [5.41, 5.74) is 1.12. The summed E-state index contributed by atoms with van der Waals surface area (Å²) in [5, 5.41) is 5.61. The van der Waals surface area contributed by atoms with E-state index in [2.05, 4.69) is 17.6 Å². The number of carbonyl (C=O) groups excluding carboxylic acids is 2. The predicted octanol–water partition coefficient (Wildman–Crippen LogP) is 3.78. The van der Waals surface area contributed by atoms with E-state index in [1.54, 1.807) is 0 Å². The van der Waals surface area contributed by atoms with E-state index in [1.165, 1.54) is 18.7 Å². The lowest BCUT2D eigenvalue weighted by Gasteiger charge is -2.17. The summed E-state index contributed by atoms with van der Waals surface area (Å²) in [5.74, 6) is 0.922. The summed E-state index contributed by atoms with van der Waals surface area (Å²) in [4.78, 5) is 24.7. The monoisotopic (exact) mass is 400 g/mol. The molecule has 2 aromatic carbocycles. The van der Waals surface area contributed by atoms with Crippen molar-refractivity contribution in [3.05, 3.63) is 60.2 Å². The zero-order valence-electron chi connectivity index (χ0n) is 16.4. The van der Waals surface area contributed by atoms with Gasteiger partial charge in [0.15, 0.2) is 0 Å². The van der Waals surface area contributed by atoms with Gasteiger partial charge in [-0.1, -0.05) is 43.7 Å². The molecule has 0 saturated heterocycles. The Bertz CT molecular complexity index is 735. The Morgan fingerprint density at radius 3 is 2.43 bits per heavy atom. The smallest absolute Gasteiger partial charge is 0.243 e. The van der Waals surface area contributed by atoms with Gasteiger partial charge in [0, 0.05) is 24.1 Å². The lowest BCUT2D eigenvalue weighted by atomic mass is 10.2. The van der Waals surface area contributed by atoms with Gasteiger partial charge in [-0.05, 0) is 36.2 Å². The summed E-state index contributed by atoms with van der Waals surface area (Å²) < 4.78 is 5.79. The van der Waals surface area contributed by atoms with Gasteiger partial charge in [-0.25, -0.2) is 0 Å². The highest BCUT2D eigenvalue weighted by Gasteiger charge is 2.19. The van der Waals surface area contributed by atoms with E-state index in [9.17, 15) is 9.59 Å². The van der Waals surface area contributed by atoms with E-state index in [0.29, 0.717) is 18.9 Å². The fourth-order valence-corrected chi connectivity index (χ4v) is 3.41. The molecular formula is C22H28N2O3S. The van der Waals surface area contributed by atoms with Crippen LogP contribution in [0.15, 0.2) is 59.5 Å². The SMILES string of the molecule is CCCCNC(=O)C(CSc1ccc(OCc2ccccc2)cc1)NC(C)=O. The summed E-state index contributed by atoms with van der Waals surface area (Å²) >= 11 is 1.53. The number of carbonyl (C=O) groups is 2. The van der Waals surface area contributed by atoms with Crippen molar-refractivity contribution >= 4 is 23.6 Å². The van der Waals surface area contributed by atoms with Crippen LogP contribution in [0.1, 0.15) is 32.3 Å². The van der Waals surface area contributed by atoms with Gasteiger partial charge in [-0.3, -0.25) is 9.59 Å². The topological polar surface area (TPSA) is 67.4 Å². The highest BCUT2D eigenvalue weighted by atomic mass is 32.2. The Morgan fingerprint density at radius 1 is 1.07 bits per heavy atom. The number of unbranched alkanes of at least 4 members (excludes halogenated alkanes) is 1. The first kappa shape index (κ1) is 21.8. The van der Waals surface area contributed by atoms with Crippen LogP contribution in [-0.4, -0.2) is 30.2 Å². The summed E-state index contributed by atoms with van der Waals surface area (Å²) in [7, 11) is 0. The molecule has 2 rings (SSSR count). The average molecular weight is 401 g/mol. The number of benzene rings is 2. The Balaban J connectivity index is 1.84. The highest BCUT2D eigenvalue weighted by molar-refractivity contribution is 7.99. The summed E-state index contributed by atoms with van der Waals surface area (Å²) in [6, 6.07) is 17.2. The minimum absolute atomic E-state index is 0.140. The normalized spacial score (nSPS) is 11.5. The molecule has 1 unspecified atom stereocenters. The molecule has 0 heterocycles. The maximum atomic E-state index is 12.3. The van der Waals surface area contributed by atoms with Crippen LogP contribution >= 0.6 is 11.8 Å². The standard InChI is InChI=1S/C22H28N2O3S/c1-3-4-14-23-22(26)21(24-17(2)25)16-28-20-12-10-19(11-13-20)27-15-18-8-6-5-7-9-18/h5-13,21H,3-4,14-16H2,1-2H3,(H,23,26)(H,24,25). The maximum absolute atomic E-state index is 12.3. The second-order valence-electron chi connectivity index (χ2n) is 6.45. The zero-order valence-corrected chi connectivity index (χ0v) is 17.3. The fraction of sp³-hybridized carbons (Fsp3) is 0.364. The number of amides is 2. The van der Waals surface area contributed by atoms with Crippen LogP contribution in [0.5, 0.6) is 5.75 Å². The number of nitrogens with one attached hydrogen (secondary N) is 2. The first-order valence-electron chi connectivity index (χ1n) is 9.53. The van der Waals surface area contributed by atoms with Crippen molar-refractivity contribution in [3.63, 3.8) is 0 Å². The number of hydrogen-bond acceptors (Lipinski definition) is 4. The molecule has 2 N–H and O–H groups in total. The second kappa shape index (κ2) is 12.1. The predicted molar refractivity (Wildman–Crippen MR) is 113 cm³/mol. The molecule has 0 bridgehead atoms. The molecule has 0 aliphatic rings. The van der Waals surface area contributed by atoms with Crippen molar-refractivity contribution in [2.75, 3.05) is 12.3 Å². The van der Waals surface area contributed by atoms with Gasteiger partial charge < -0.3 is 15.4 Å². The fourth-order valence-electron chi connectivity index (χ4n) is 2.49. The number of thioether (sulfide) groups is 1. The van der Waals surface area contributed by atoms with Gasteiger partial charge in [-0.2, -0.15) is 0 Å². The van der Waals surface area contributed by atoms with Crippen LogP contribution in [0.3, 0.4) is 0 Å².